The first kappa shape index (κ1) is 29.2. The minimum Gasteiger partial charge on any atom is -0.453 e. The fraction of sp³-hybridized carbons (Fsp3) is 0.235. The van der Waals surface area contributed by atoms with Crippen molar-refractivity contribution in [1.82, 2.24) is 0 Å². The first-order valence-corrected chi connectivity index (χ1v) is 13.7. The third-order valence-corrected chi connectivity index (χ3v) is 7.07. The standard InChI is InChI=1S/C34H32O8/c35-27-29(39-21-23-13-5-1-6-14-23)31(41-33(37)25-17-9-3-10-18-25)28(36)32(42-34(38)26-19-11-4-12-20-26)30(27)40-22-24-15-7-2-8-16-24/h1-20,27-32,35-36H,21-22H2/t27?,28?,29-,30+,31-,32+. The summed E-state index contributed by atoms with van der Waals surface area (Å²) in [5.41, 5.74) is 2.13. The number of benzene rings is 4. The molecule has 0 amide bonds. The molecule has 42 heavy (non-hydrogen) atoms. The Hall–Kier alpha value is -4.34. The lowest BCUT2D eigenvalue weighted by Gasteiger charge is -2.46. The second kappa shape index (κ2) is 14.0. The third kappa shape index (κ3) is 7.10. The zero-order valence-corrected chi connectivity index (χ0v) is 22.8. The van der Waals surface area contributed by atoms with Crippen molar-refractivity contribution >= 4 is 11.9 Å². The molecule has 0 spiro atoms. The van der Waals surface area contributed by atoms with Crippen LogP contribution in [0.15, 0.2) is 121 Å². The second-order valence-electron chi connectivity index (χ2n) is 9.98. The van der Waals surface area contributed by atoms with Crippen LogP contribution in [0.2, 0.25) is 0 Å². The number of hydrogen-bond donors (Lipinski definition) is 2. The number of aliphatic hydroxyl groups excluding tert-OH is 2. The summed E-state index contributed by atoms with van der Waals surface area (Å²) in [6, 6.07) is 35.1. The Balaban J connectivity index is 1.45. The van der Waals surface area contributed by atoms with Gasteiger partial charge in [-0.05, 0) is 35.4 Å². The molecule has 1 aliphatic carbocycles. The van der Waals surface area contributed by atoms with Gasteiger partial charge >= 0.3 is 11.9 Å². The molecule has 0 heterocycles. The predicted octanol–water partition coefficient (Wildman–Crippen LogP) is 4.34. The van der Waals surface area contributed by atoms with Crippen LogP contribution < -0.4 is 0 Å². The first-order valence-electron chi connectivity index (χ1n) is 13.7. The molecular formula is C34H32O8. The van der Waals surface area contributed by atoms with Gasteiger partial charge in [0.2, 0.25) is 0 Å². The number of hydrogen-bond acceptors (Lipinski definition) is 8. The summed E-state index contributed by atoms with van der Waals surface area (Å²) in [7, 11) is 0. The molecule has 1 aliphatic rings. The summed E-state index contributed by atoms with van der Waals surface area (Å²) in [4.78, 5) is 26.2. The van der Waals surface area contributed by atoms with Crippen molar-refractivity contribution in [3.63, 3.8) is 0 Å². The largest absolute Gasteiger partial charge is 0.453 e. The van der Waals surface area contributed by atoms with Crippen LogP contribution in [0.5, 0.6) is 0 Å². The normalized spacial score (nSPS) is 23.6. The van der Waals surface area contributed by atoms with Crippen LogP contribution in [-0.4, -0.2) is 58.8 Å². The van der Waals surface area contributed by atoms with Gasteiger partial charge in [-0.3, -0.25) is 0 Å². The van der Waals surface area contributed by atoms with E-state index in [0.717, 1.165) is 11.1 Å². The fourth-order valence-electron chi connectivity index (χ4n) is 4.88. The van der Waals surface area contributed by atoms with E-state index >= 15 is 0 Å². The van der Waals surface area contributed by atoms with Crippen LogP contribution in [0.4, 0.5) is 0 Å². The van der Waals surface area contributed by atoms with Crippen LogP contribution in [-0.2, 0) is 32.2 Å². The molecular weight excluding hydrogens is 536 g/mol. The van der Waals surface area contributed by atoms with Crippen LogP contribution in [0, 0.1) is 0 Å². The second-order valence-corrected chi connectivity index (χ2v) is 9.98. The van der Waals surface area contributed by atoms with Gasteiger partial charge in [-0.1, -0.05) is 97.1 Å². The Morgan fingerprint density at radius 2 is 0.786 bits per heavy atom. The van der Waals surface area contributed by atoms with E-state index in [9.17, 15) is 19.8 Å². The summed E-state index contributed by atoms with van der Waals surface area (Å²) in [5.74, 6) is -1.45. The van der Waals surface area contributed by atoms with Crippen molar-refractivity contribution in [1.29, 1.82) is 0 Å². The molecule has 5 rings (SSSR count). The Bertz CT molecular complexity index is 1310. The smallest absolute Gasteiger partial charge is 0.338 e. The molecule has 0 aromatic heterocycles. The van der Waals surface area contributed by atoms with Gasteiger partial charge in [-0.2, -0.15) is 0 Å². The molecule has 4 aromatic rings. The minimum atomic E-state index is -1.59. The molecule has 1 fully saturated rings. The maximum absolute atomic E-state index is 13.1. The lowest BCUT2D eigenvalue weighted by Crippen LogP contribution is -2.66. The summed E-state index contributed by atoms with van der Waals surface area (Å²) in [6.07, 6.45) is -8.22. The Morgan fingerprint density at radius 3 is 1.14 bits per heavy atom. The van der Waals surface area contributed by atoms with Crippen LogP contribution in [0.3, 0.4) is 0 Å². The Labute approximate surface area is 244 Å². The molecule has 2 unspecified atom stereocenters. The first-order chi connectivity index (χ1) is 20.5. The Morgan fingerprint density at radius 1 is 0.476 bits per heavy atom. The molecule has 0 aliphatic heterocycles. The Kier molecular flexibility index (Phi) is 9.74. The van der Waals surface area contributed by atoms with Gasteiger partial charge < -0.3 is 29.2 Å². The van der Waals surface area contributed by atoms with Crippen molar-refractivity contribution < 1.29 is 38.7 Å². The molecule has 0 saturated heterocycles. The highest BCUT2D eigenvalue weighted by atomic mass is 16.6. The van der Waals surface area contributed by atoms with Crippen LogP contribution >= 0.6 is 0 Å². The zero-order valence-electron chi connectivity index (χ0n) is 22.8. The predicted molar refractivity (Wildman–Crippen MR) is 153 cm³/mol. The number of carbonyl (C=O) groups excluding carboxylic acids is 2. The summed E-state index contributed by atoms with van der Waals surface area (Å²) in [6.45, 7) is 0.128. The van der Waals surface area contributed by atoms with Gasteiger partial charge in [0.05, 0.1) is 24.3 Å². The van der Waals surface area contributed by atoms with Crippen LogP contribution in [0.1, 0.15) is 31.8 Å². The molecule has 4 aromatic carbocycles. The molecule has 1 saturated carbocycles. The maximum atomic E-state index is 13.1. The highest BCUT2D eigenvalue weighted by molar-refractivity contribution is 5.90. The van der Waals surface area contributed by atoms with Gasteiger partial charge in [0.15, 0.2) is 12.2 Å². The number of rotatable bonds is 10. The molecule has 0 radical (unpaired) electrons. The highest BCUT2D eigenvalue weighted by Crippen LogP contribution is 2.32. The van der Waals surface area contributed by atoms with Gasteiger partial charge in [0, 0.05) is 0 Å². The number of aliphatic hydroxyl groups is 2. The van der Waals surface area contributed by atoms with Gasteiger partial charge in [0.1, 0.15) is 24.4 Å². The van der Waals surface area contributed by atoms with E-state index in [0.29, 0.717) is 0 Å². The lowest BCUT2D eigenvalue weighted by atomic mass is 9.84. The van der Waals surface area contributed by atoms with Gasteiger partial charge in [-0.15, -0.1) is 0 Å². The third-order valence-electron chi connectivity index (χ3n) is 7.07. The van der Waals surface area contributed by atoms with Crippen molar-refractivity contribution in [3.8, 4) is 0 Å². The number of esters is 2. The lowest BCUT2D eigenvalue weighted by molar-refractivity contribution is -0.249. The van der Waals surface area contributed by atoms with Crippen LogP contribution in [0.25, 0.3) is 0 Å². The maximum Gasteiger partial charge on any atom is 0.338 e. The summed E-state index contributed by atoms with van der Waals surface area (Å²) in [5, 5.41) is 23.3. The quantitative estimate of drug-likeness (QED) is 0.272. The highest BCUT2D eigenvalue weighted by Gasteiger charge is 2.55. The molecule has 6 atom stereocenters. The van der Waals surface area contributed by atoms with E-state index in [4.69, 9.17) is 18.9 Å². The van der Waals surface area contributed by atoms with E-state index in [1.54, 1.807) is 60.7 Å². The average Bonchev–Trinajstić information content (AvgIpc) is 3.04. The van der Waals surface area contributed by atoms with Crippen molar-refractivity contribution in [2.24, 2.45) is 0 Å². The molecule has 216 valence electrons. The van der Waals surface area contributed by atoms with Gasteiger partial charge in [-0.25, -0.2) is 9.59 Å². The molecule has 8 heteroatoms. The minimum absolute atomic E-state index is 0.0640. The molecule has 0 bridgehead atoms. The van der Waals surface area contributed by atoms with E-state index in [1.165, 1.54) is 0 Å². The van der Waals surface area contributed by atoms with Gasteiger partial charge in [0.25, 0.3) is 0 Å². The van der Waals surface area contributed by atoms with Crippen molar-refractivity contribution in [3.05, 3.63) is 144 Å². The molecule has 8 nitrogen and oxygen atoms in total. The zero-order chi connectivity index (χ0) is 29.3. The molecule has 2 N–H and O–H groups in total. The summed E-state index contributed by atoms with van der Waals surface area (Å²) >= 11 is 0. The van der Waals surface area contributed by atoms with Crippen molar-refractivity contribution in [2.45, 2.75) is 49.8 Å². The van der Waals surface area contributed by atoms with E-state index in [2.05, 4.69) is 0 Å². The van der Waals surface area contributed by atoms with E-state index in [-0.39, 0.29) is 24.3 Å². The average molecular weight is 569 g/mol. The monoisotopic (exact) mass is 568 g/mol. The SMILES string of the molecule is O=C(O[C@@H]1C(O)[C@H](OC(=O)c2ccccc2)[C@@H](OCc2ccccc2)C(O)[C@H]1OCc1ccccc1)c1ccccc1. The number of carbonyl (C=O) groups is 2. The van der Waals surface area contributed by atoms with E-state index < -0.39 is 48.6 Å². The van der Waals surface area contributed by atoms with E-state index in [1.807, 2.05) is 60.7 Å². The topological polar surface area (TPSA) is 112 Å². The number of ether oxygens (including phenoxy) is 4. The summed E-state index contributed by atoms with van der Waals surface area (Å²) < 4.78 is 23.8. The fourth-order valence-corrected chi connectivity index (χ4v) is 4.88. The van der Waals surface area contributed by atoms with Crippen molar-refractivity contribution in [2.75, 3.05) is 0 Å².